The van der Waals surface area contributed by atoms with E-state index in [0.29, 0.717) is 12.0 Å². The van der Waals surface area contributed by atoms with E-state index in [2.05, 4.69) is 26.1 Å². The van der Waals surface area contributed by atoms with Crippen molar-refractivity contribution in [3.8, 4) is 0 Å². The summed E-state index contributed by atoms with van der Waals surface area (Å²) in [5.41, 5.74) is 0. The molecule has 2 heteroatoms. The zero-order chi connectivity index (χ0) is 9.40. The number of hydrogen-bond acceptors (Lipinski definition) is 2. The third-order valence-corrected chi connectivity index (χ3v) is 2.35. The molecule has 0 aromatic carbocycles. The Bertz CT molecular complexity index is 83.8. The molecule has 74 valence electrons. The highest BCUT2D eigenvalue weighted by molar-refractivity contribution is 4.67. The quantitative estimate of drug-likeness (QED) is 0.636. The monoisotopic (exact) mass is 173 g/mol. The van der Waals surface area contributed by atoms with Gasteiger partial charge < -0.3 is 10.1 Å². The molecule has 0 aromatic heterocycles. The summed E-state index contributed by atoms with van der Waals surface area (Å²) in [6, 6.07) is 0.611. The average Bonchev–Trinajstić information content (AvgIpc) is 2.10. The molecule has 0 aliphatic rings. The Morgan fingerprint density at radius 3 is 2.50 bits per heavy atom. The largest absolute Gasteiger partial charge is 0.385 e. The molecule has 0 heterocycles. The van der Waals surface area contributed by atoms with Crippen LogP contribution in [0.1, 0.15) is 33.6 Å². The molecule has 0 rings (SSSR count). The summed E-state index contributed by atoms with van der Waals surface area (Å²) in [7, 11) is 1.76. The van der Waals surface area contributed by atoms with Crippen LogP contribution in [0.4, 0.5) is 0 Å². The van der Waals surface area contributed by atoms with Crippen LogP contribution in [0.2, 0.25) is 0 Å². The van der Waals surface area contributed by atoms with Crippen molar-refractivity contribution >= 4 is 0 Å². The first-order valence-corrected chi connectivity index (χ1v) is 4.94. The van der Waals surface area contributed by atoms with Gasteiger partial charge in [0.25, 0.3) is 0 Å². The van der Waals surface area contributed by atoms with Crippen LogP contribution in [0.3, 0.4) is 0 Å². The van der Waals surface area contributed by atoms with Gasteiger partial charge in [-0.25, -0.2) is 0 Å². The molecule has 1 N–H and O–H groups in total. The Balaban J connectivity index is 3.39. The summed E-state index contributed by atoms with van der Waals surface area (Å²) < 4.78 is 5.04. The van der Waals surface area contributed by atoms with E-state index >= 15 is 0 Å². The summed E-state index contributed by atoms with van der Waals surface area (Å²) in [4.78, 5) is 0. The van der Waals surface area contributed by atoms with Crippen LogP contribution in [0.15, 0.2) is 0 Å². The van der Waals surface area contributed by atoms with Crippen molar-refractivity contribution in [2.45, 2.75) is 39.7 Å². The highest BCUT2D eigenvalue weighted by Crippen LogP contribution is 2.07. The van der Waals surface area contributed by atoms with Gasteiger partial charge in [-0.15, -0.1) is 0 Å². The van der Waals surface area contributed by atoms with Crippen molar-refractivity contribution in [1.82, 2.24) is 5.32 Å². The topological polar surface area (TPSA) is 21.3 Å². The summed E-state index contributed by atoms with van der Waals surface area (Å²) in [6.07, 6.45) is 2.36. The van der Waals surface area contributed by atoms with Crippen LogP contribution in [0.5, 0.6) is 0 Å². The number of nitrogens with one attached hydrogen (secondary N) is 1. The second-order valence-corrected chi connectivity index (χ2v) is 3.50. The molecule has 0 aliphatic heterocycles. The predicted molar refractivity (Wildman–Crippen MR) is 53.4 cm³/mol. The molecule has 0 saturated heterocycles. The second-order valence-electron chi connectivity index (χ2n) is 3.50. The van der Waals surface area contributed by atoms with E-state index in [1.807, 2.05) is 0 Å². The molecule has 0 saturated carbocycles. The Morgan fingerprint density at radius 1 is 1.33 bits per heavy atom. The first-order valence-electron chi connectivity index (χ1n) is 4.94. The van der Waals surface area contributed by atoms with Crippen molar-refractivity contribution in [2.24, 2.45) is 5.92 Å². The van der Waals surface area contributed by atoms with E-state index < -0.39 is 0 Å². The fraction of sp³-hybridized carbons (Fsp3) is 1.00. The predicted octanol–water partition coefficient (Wildman–Crippen LogP) is 2.05. The Kier molecular flexibility index (Phi) is 7.51. The van der Waals surface area contributed by atoms with Crippen molar-refractivity contribution in [3.05, 3.63) is 0 Å². The minimum atomic E-state index is 0.611. The van der Waals surface area contributed by atoms with E-state index in [1.165, 1.54) is 6.42 Å². The smallest absolute Gasteiger partial charge is 0.0465 e. The van der Waals surface area contributed by atoms with E-state index in [9.17, 15) is 0 Å². The van der Waals surface area contributed by atoms with Crippen LogP contribution in [0.25, 0.3) is 0 Å². The first-order chi connectivity index (χ1) is 5.72. The molecule has 0 spiro atoms. The van der Waals surface area contributed by atoms with Crippen molar-refractivity contribution in [3.63, 3.8) is 0 Å². The van der Waals surface area contributed by atoms with Gasteiger partial charge in [0, 0.05) is 19.8 Å². The maximum absolute atomic E-state index is 5.04. The number of ether oxygens (including phenoxy) is 1. The Morgan fingerprint density at radius 2 is 2.00 bits per heavy atom. The Labute approximate surface area is 76.7 Å². The molecule has 0 aliphatic carbocycles. The SMILES string of the molecule is CCCNC(C)C(C)CCOC. The third-order valence-electron chi connectivity index (χ3n) is 2.35. The lowest BCUT2D eigenvalue weighted by Crippen LogP contribution is -2.33. The molecule has 0 radical (unpaired) electrons. The molecular weight excluding hydrogens is 150 g/mol. The van der Waals surface area contributed by atoms with Crippen LogP contribution in [-0.2, 0) is 4.74 Å². The number of rotatable bonds is 7. The molecule has 2 atom stereocenters. The molecule has 12 heavy (non-hydrogen) atoms. The van der Waals surface area contributed by atoms with Gasteiger partial charge in [0.15, 0.2) is 0 Å². The van der Waals surface area contributed by atoms with Gasteiger partial charge in [-0.05, 0) is 32.2 Å². The van der Waals surface area contributed by atoms with Crippen LogP contribution in [-0.4, -0.2) is 26.3 Å². The molecule has 2 nitrogen and oxygen atoms in total. The van der Waals surface area contributed by atoms with Crippen LogP contribution in [0, 0.1) is 5.92 Å². The summed E-state index contributed by atoms with van der Waals surface area (Å²) >= 11 is 0. The number of methoxy groups -OCH3 is 1. The van der Waals surface area contributed by atoms with Gasteiger partial charge in [-0.1, -0.05) is 13.8 Å². The molecule has 0 fully saturated rings. The van der Waals surface area contributed by atoms with Gasteiger partial charge in [-0.3, -0.25) is 0 Å². The molecule has 0 aromatic rings. The van der Waals surface area contributed by atoms with Gasteiger partial charge in [0.2, 0.25) is 0 Å². The zero-order valence-corrected chi connectivity index (χ0v) is 8.89. The lowest BCUT2D eigenvalue weighted by Gasteiger charge is -2.20. The average molecular weight is 173 g/mol. The number of hydrogen-bond donors (Lipinski definition) is 1. The van der Waals surface area contributed by atoms with E-state index in [4.69, 9.17) is 4.74 Å². The Hall–Kier alpha value is -0.0800. The lowest BCUT2D eigenvalue weighted by atomic mass is 10.0. The van der Waals surface area contributed by atoms with Gasteiger partial charge in [0.1, 0.15) is 0 Å². The molecule has 0 amide bonds. The van der Waals surface area contributed by atoms with Crippen molar-refractivity contribution in [1.29, 1.82) is 0 Å². The molecule has 0 bridgehead atoms. The fourth-order valence-electron chi connectivity index (χ4n) is 1.13. The third kappa shape index (κ3) is 5.56. The van der Waals surface area contributed by atoms with Crippen LogP contribution < -0.4 is 5.32 Å². The minimum Gasteiger partial charge on any atom is -0.385 e. The highest BCUT2D eigenvalue weighted by Gasteiger charge is 2.09. The van der Waals surface area contributed by atoms with E-state index in [-0.39, 0.29) is 0 Å². The zero-order valence-electron chi connectivity index (χ0n) is 8.89. The van der Waals surface area contributed by atoms with Gasteiger partial charge in [-0.2, -0.15) is 0 Å². The van der Waals surface area contributed by atoms with Gasteiger partial charge >= 0.3 is 0 Å². The highest BCUT2D eigenvalue weighted by atomic mass is 16.5. The molecular formula is C10H23NO. The van der Waals surface area contributed by atoms with Crippen molar-refractivity contribution in [2.75, 3.05) is 20.3 Å². The second kappa shape index (κ2) is 7.56. The standard InChI is InChI=1S/C10H23NO/c1-5-7-11-10(3)9(2)6-8-12-4/h9-11H,5-8H2,1-4H3. The summed E-state index contributed by atoms with van der Waals surface area (Å²) in [5.74, 6) is 0.705. The normalized spacial score (nSPS) is 16.0. The fourth-order valence-corrected chi connectivity index (χ4v) is 1.13. The molecule has 2 unspecified atom stereocenters. The maximum atomic E-state index is 5.04. The lowest BCUT2D eigenvalue weighted by molar-refractivity contribution is 0.172. The minimum absolute atomic E-state index is 0.611. The summed E-state index contributed by atoms with van der Waals surface area (Å²) in [5, 5.41) is 3.49. The first kappa shape index (κ1) is 11.9. The van der Waals surface area contributed by atoms with E-state index in [1.54, 1.807) is 7.11 Å². The van der Waals surface area contributed by atoms with Crippen LogP contribution >= 0.6 is 0 Å². The van der Waals surface area contributed by atoms with Gasteiger partial charge in [0.05, 0.1) is 0 Å². The maximum Gasteiger partial charge on any atom is 0.0465 e. The summed E-state index contributed by atoms with van der Waals surface area (Å²) in [6.45, 7) is 8.71. The van der Waals surface area contributed by atoms with E-state index in [0.717, 1.165) is 19.6 Å². The van der Waals surface area contributed by atoms with Crippen molar-refractivity contribution < 1.29 is 4.74 Å².